The number of carbonyl (C=O) groups excluding carboxylic acids is 2. The van der Waals surface area contributed by atoms with E-state index in [9.17, 15) is 9.59 Å². The van der Waals surface area contributed by atoms with E-state index < -0.39 is 0 Å². The minimum Gasteiger partial charge on any atom is -0.338 e. The molecule has 0 bridgehead atoms. The SMILES string of the molecule is CC1(C2CCN(C(=O)c3n[nH]c4c3CCC4)CC2)CCCCN(Cc2ccccc2)C1=O. The van der Waals surface area contributed by atoms with E-state index in [-0.39, 0.29) is 11.3 Å². The molecular weight excluding hydrogens is 400 g/mol. The summed E-state index contributed by atoms with van der Waals surface area (Å²) < 4.78 is 0. The van der Waals surface area contributed by atoms with Crippen molar-refractivity contribution in [2.45, 2.75) is 64.8 Å². The lowest BCUT2D eigenvalue weighted by Crippen LogP contribution is -2.49. The fourth-order valence-electron chi connectivity index (χ4n) is 6.06. The highest BCUT2D eigenvalue weighted by Crippen LogP contribution is 2.43. The Morgan fingerprint density at radius 2 is 1.88 bits per heavy atom. The number of H-pyrrole nitrogens is 1. The second-order valence-corrected chi connectivity index (χ2v) is 10.0. The molecule has 2 saturated heterocycles. The third-order valence-electron chi connectivity index (χ3n) is 8.06. The molecule has 6 heteroatoms. The number of hydrogen-bond donors (Lipinski definition) is 1. The van der Waals surface area contributed by atoms with Gasteiger partial charge in [0, 0.05) is 42.9 Å². The van der Waals surface area contributed by atoms with Crippen molar-refractivity contribution in [3.8, 4) is 0 Å². The van der Waals surface area contributed by atoms with Crippen molar-refractivity contribution in [3.63, 3.8) is 0 Å². The molecular formula is C26H34N4O2. The van der Waals surface area contributed by atoms with Gasteiger partial charge in [0.15, 0.2) is 5.69 Å². The number of hydrogen-bond acceptors (Lipinski definition) is 3. The molecule has 5 rings (SSSR count). The third-order valence-corrected chi connectivity index (χ3v) is 8.06. The molecule has 2 aliphatic heterocycles. The van der Waals surface area contributed by atoms with Crippen LogP contribution in [0.2, 0.25) is 0 Å². The molecule has 3 heterocycles. The molecule has 170 valence electrons. The van der Waals surface area contributed by atoms with Crippen molar-refractivity contribution < 1.29 is 9.59 Å². The quantitative estimate of drug-likeness (QED) is 0.792. The molecule has 0 radical (unpaired) electrons. The maximum atomic E-state index is 13.7. The summed E-state index contributed by atoms with van der Waals surface area (Å²) in [6, 6.07) is 10.3. The van der Waals surface area contributed by atoms with Crippen LogP contribution >= 0.6 is 0 Å². The van der Waals surface area contributed by atoms with E-state index >= 15 is 0 Å². The van der Waals surface area contributed by atoms with Gasteiger partial charge in [0.2, 0.25) is 5.91 Å². The molecule has 2 amide bonds. The van der Waals surface area contributed by atoms with Gasteiger partial charge in [-0.3, -0.25) is 14.7 Å². The standard InChI is InChI=1S/C26H34N4O2/c1-26(14-5-6-15-30(25(26)32)18-19-8-3-2-4-9-19)20-12-16-29(17-13-20)24(31)23-21-10-7-11-22(21)27-28-23/h2-4,8-9,20H,5-7,10-18H2,1H3,(H,27,28). The molecule has 32 heavy (non-hydrogen) atoms. The van der Waals surface area contributed by atoms with Crippen LogP contribution in [0.15, 0.2) is 30.3 Å². The fourth-order valence-corrected chi connectivity index (χ4v) is 6.06. The van der Waals surface area contributed by atoms with Crippen LogP contribution < -0.4 is 0 Å². The first-order valence-electron chi connectivity index (χ1n) is 12.2. The Hall–Kier alpha value is -2.63. The zero-order valence-electron chi connectivity index (χ0n) is 19.1. The minimum atomic E-state index is -0.339. The van der Waals surface area contributed by atoms with E-state index in [0.29, 0.717) is 37.2 Å². The Morgan fingerprint density at radius 1 is 1.09 bits per heavy atom. The van der Waals surface area contributed by atoms with E-state index in [1.165, 1.54) is 5.56 Å². The molecule has 1 aromatic carbocycles. The highest BCUT2D eigenvalue weighted by molar-refractivity contribution is 5.94. The minimum absolute atomic E-state index is 0.0610. The number of fused-ring (bicyclic) bond motifs is 1. The molecule has 2 fully saturated rings. The lowest BCUT2D eigenvalue weighted by Gasteiger charge is -2.42. The summed E-state index contributed by atoms with van der Waals surface area (Å²) >= 11 is 0. The van der Waals surface area contributed by atoms with Gasteiger partial charge in [0.05, 0.1) is 0 Å². The first-order valence-corrected chi connectivity index (χ1v) is 12.2. The zero-order chi connectivity index (χ0) is 22.1. The number of benzene rings is 1. The summed E-state index contributed by atoms with van der Waals surface area (Å²) in [7, 11) is 0. The van der Waals surface area contributed by atoms with Crippen molar-refractivity contribution in [3.05, 3.63) is 52.8 Å². The first-order chi connectivity index (χ1) is 15.6. The lowest BCUT2D eigenvalue weighted by molar-refractivity contribution is -0.145. The van der Waals surface area contributed by atoms with Crippen molar-refractivity contribution in [1.29, 1.82) is 0 Å². The maximum Gasteiger partial charge on any atom is 0.274 e. The summed E-state index contributed by atoms with van der Waals surface area (Å²) in [6.45, 7) is 5.14. The number of aryl methyl sites for hydroxylation is 1. The second kappa shape index (κ2) is 8.72. The van der Waals surface area contributed by atoms with Gasteiger partial charge in [-0.05, 0) is 56.4 Å². The zero-order valence-corrected chi connectivity index (χ0v) is 19.1. The van der Waals surface area contributed by atoms with Gasteiger partial charge in [-0.1, -0.05) is 43.7 Å². The molecule has 1 aromatic heterocycles. The van der Waals surface area contributed by atoms with E-state index in [0.717, 1.165) is 69.2 Å². The normalized spacial score (nSPS) is 24.5. The number of piperidine rings is 1. The van der Waals surface area contributed by atoms with Crippen LogP contribution in [0.5, 0.6) is 0 Å². The number of aromatic amines is 1. The predicted octanol–water partition coefficient (Wildman–Crippen LogP) is 3.97. The number of aromatic nitrogens is 2. The summed E-state index contributed by atoms with van der Waals surface area (Å²) in [5.74, 6) is 0.681. The molecule has 1 atom stereocenters. The molecule has 0 saturated carbocycles. The average molecular weight is 435 g/mol. The van der Waals surface area contributed by atoms with E-state index in [2.05, 4.69) is 34.2 Å². The van der Waals surface area contributed by atoms with Gasteiger partial charge in [-0.2, -0.15) is 5.10 Å². The molecule has 0 spiro atoms. The predicted molar refractivity (Wildman–Crippen MR) is 123 cm³/mol. The van der Waals surface area contributed by atoms with Crippen LogP contribution in [0.25, 0.3) is 0 Å². The summed E-state index contributed by atoms with van der Waals surface area (Å²) in [5, 5.41) is 7.40. The molecule has 1 N–H and O–H groups in total. The van der Waals surface area contributed by atoms with Gasteiger partial charge < -0.3 is 9.80 Å². The number of nitrogens with zero attached hydrogens (tertiary/aromatic N) is 3. The number of amides is 2. The third kappa shape index (κ3) is 3.84. The number of carbonyl (C=O) groups is 2. The molecule has 6 nitrogen and oxygen atoms in total. The molecule has 1 unspecified atom stereocenters. The fraction of sp³-hybridized carbons (Fsp3) is 0.577. The van der Waals surface area contributed by atoms with Crippen molar-refractivity contribution in [2.75, 3.05) is 19.6 Å². The highest BCUT2D eigenvalue weighted by Gasteiger charge is 2.45. The van der Waals surface area contributed by atoms with Crippen LogP contribution in [0.1, 0.15) is 72.8 Å². The van der Waals surface area contributed by atoms with Crippen molar-refractivity contribution in [2.24, 2.45) is 11.3 Å². The molecule has 1 aliphatic carbocycles. The van der Waals surface area contributed by atoms with Crippen LogP contribution in [-0.2, 0) is 24.2 Å². The summed E-state index contributed by atoms with van der Waals surface area (Å²) in [5.41, 5.74) is 3.74. The Labute approximate surface area is 190 Å². The van der Waals surface area contributed by atoms with Gasteiger partial charge in [0.1, 0.15) is 0 Å². The van der Waals surface area contributed by atoms with Crippen LogP contribution in [0, 0.1) is 11.3 Å². The summed E-state index contributed by atoms with van der Waals surface area (Å²) in [4.78, 5) is 30.9. The number of rotatable bonds is 4. The summed E-state index contributed by atoms with van der Waals surface area (Å²) in [6.07, 6.45) is 7.93. The van der Waals surface area contributed by atoms with E-state index in [1.54, 1.807) is 0 Å². The smallest absolute Gasteiger partial charge is 0.274 e. The Morgan fingerprint density at radius 3 is 2.66 bits per heavy atom. The van der Waals surface area contributed by atoms with Gasteiger partial charge in [-0.15, -0.1) is 0 Å². The Kier molecular flexibility index (Phi) is 5.78. The second-order valence-electron chi connectivity index (χ2n) is 10.0. The van der Waals surface area contributed by atoms with E-state index in [4.69, 9.17) is 0 Å². The van der Waals surface area contributed by atoms with Crippen LogP contribution in [0.4, 0.5) is 0 Å². The van der Waals surface area contributed by atoms with Crippen molar-refractivity contribution in [1.82, 2.24) is 20.0 Å². The largest absolute Gasteiger partial charge is 0.338 e. The highest BCUT2D eigenvalue weighted by atomic mass is 16.2. The van der Waals surface area contributed by atoms with Crippen molar-refractivity contribution >= 4 is 11.8 Å². The number of likely N-dealkylation sites (tertiary alicyclic amines) is 2. The Bertz CT molecular complexity index is 977. The van der Waals surface area contributed by atoms with Gasteiger partial charge >= 0.3 is 0 Å². The van der Waals surface area contributed by atoms with Crippen LogP contribution in [-0.4, -0.2) is 51.4 Å². The molecule has 3 aliphatic rings. The molecule has 2 aromatic rings. The Balaban J connectivity index is 1.26. The topological polar surface area (TPSA) is 69.3 Å². The lowest BCUT2D eigenvalue weighted by atomic mass is 9.69. The monoisotopic (exact) mass is 434 g/mol. The van der Waals surface area contributed by atoms with E-state index in [1.807, 2.05) is 23.1 Å². The average Bonchev–Trinajstić information content (AvgIpc) is 3.41. The first kappa shape index (κ1) is 21.2. The van der Waals surface area contributed by atoms with Crippen LogP contribution in [0.3, 0.4) is 0 Å². The van der Waals surface area contributed by atoms with Gasteiger partial charge in [-0.25, -0.2) is 0 Å². The maximum absolute atomic E-state index is 13.7. The number of nitrogens with one attached hydrogen (secondary N) is 1. The van der Waals surface area contributed by atoms with Gasteiger partial charge in [0.25, 0.3) is 5.91 Å².